The molecule has 116 valence electrons. The Hall–Kier alpha value is -1.89. The molecule has 21 heavy (non-hydrogen) atoms. The van der Waals surface area contributed by atoms with Gasteiger partial charge in [-0.15, -0.1) is 0 Å². The molecule has 0 aliphatic heterocycles. The van der Waals surface area contributed by atoms with Crippen LogP contribution < -0.4 is 10.6 Å². The molecule has 1 atom stereocenters. The van der Waals surface area contributed by atoms with Crippen molar-refractivity contribution in [2.75, 3.05) is 12.8 Å². The summed E-state index contributed by atoms with van der Waals surface area (Å²) < 4.78 is 22.4. The zero-order valence-electron chi connectivity index (χ0n) is 12.3. The Morgan fingerprint density at radius 3 is 2.24 bits per heavy atom. The summed E-state index contributed by atoms with van der Waals surface area (Å²) >= 11 is 0. The third-order valence-corrected chi connectivity index (χ3v) is 3.59. The minimum atomic E-state index is -3.10. The lowest BCUT2D eigenvalue weighted by atomic mass is 10.1. The molecule has 0 spiro atoms. The van der Waals surface area contributed by atoms with Crippen molar-refractivity contribution in [3.05, 3.63) is 35.4 Å². The number of hydrogen-bond acceptors (Lipinski definition) is 4. The molecule has 0 aliphatic rings. The summed E-state index contributed by atoms with van der Waals surface area (Å²) in [6.07, 6.45) is 1.15. The van der Waals surface area contributed by atoms with Gasteiger partial charge in [-0.1, -0.05) is 12.1 Å². The number of carbonyl (C=O) groups excluding carboxylic acids is 2. The summed E-state index contributed by atoms with van der Waals surface area (Å²) in [7, 11) is -3.10. The average molecular weight is 312 g/mol. The number of hydrogen-bond donors (Lipinski definition) is 2. The summed E-state index contributed by atoms with van der Waals surface area (Å²) in [6, 6.07) is 5.63. The Morgan fingerprint density at radius 1 is 1.19 bits per heavy atom. The van der Waals surface area contributed by atoms with Crippen molar-refractivity contribution in [3.63, 3.8) is 0 Å². The van der Waals surface area contributed by atoms with Gasteiger partial charge in [-0.3, -0.25) is 9.59 Å². The standard InChI is InChI=1S/C14H20N2O4S/c1-4-15-13(17)10(2)16-14(18)12-7-5-11(6-8-12)9-21(3,19)20/h5-8,10H,4,9H2,1-3H3,(H,15,17)(H,16,18)/t10-/m0/s1. The predicted octanol–water partition coefficient (Wildman–Crippen LogP) is 0.486. The van der Waals surface area contributed by atoms with Crippen LogP contribution in [0.4, 0.5) is 0 Å². The van der Waals surface area contributed by atoms with E-state index in [1.165, 1.54) is 0 Å². The lowest BCUT2D eigenvalue weighted by Crippen LogP contribution is -2.44. The Labute approximate surface area is 124 Å². The normalized spacial score (nSPS) is 12.5. The molecular formula is C14H20N2O4S. The molecule has 1 aromatic carbocycles. The zero-order chi connectivity index (χ0) is 16.0. The van der Waals surface area contributed by atoms with Gasteiger partial charge in [0.25, 0.3) is 5.91 Å². The van der Waals surface area contributed by atoms with Gasteiger partial charge in [0, 0.05) is 18.4 Å². The fourth-order valence-electron chi connectivity index (χ4n) is 1.73. The van der Waals surface area contributed by atoms with Crippen molar-refractivity contribution in [2.45, 2.75) is 25.6 Å². The number of sulfone groups is 1. The highest BCUT2D eigenvalue weighted by atomic mass is 32.2. The molecule has 0 heterocycles. The van der Waals surface area contributed by atoms with Crippen molar-refractivity contribution in [2.24, 2.45) is 0 Å². The molecule has 0 fully saturated rings. The second-order valence-electron chi connectivity index (χ2n) is 4.86. The van der Waals surface area contributed by atoms with Gasteiger partial charge in [0.1, 0.15) is 6.04 Å². The monoisotopic (exact) mass is 312 g/mol. The van der Waals surface area contributed by atoms with Gasteiger partial charge in [-0.2, -0.15) is 0 Å². The van der Waals surface area contributed by atoms with Crippen LogP contribution in [0.25, 0.3) is 0 Å². The lowest BCUT2D eigenvalue weighted by Gasteiger charge is -2.13. The van der Waals surface area contributed by atoms with Crippen molar-refractivity contribution < 1.29 is 18.0 Å². The van der Waals surface area contributed by atoms with Gasteiger partial charge < -0.3 is 10.6 Å². The van der Waals surface area contributed by atoms with Crippen LogP contribution in [0.5, 0.6) is 0 Å². The molecule has 0 unspecified atom stereocenters. The van der Waals surface area contributed by atoms with E-state index < -0.39 is 15.9 Å². The van der Waals surface area contributed by atoms with E-state index in [1.54, 1.807) is 38.1 Å². The first kappa shape index (κ1) is 17.2. The first-order valence-electron chi connectivity index (χ1n) is 6.58. The average Bonchev–Trinajstić information content (AvgIpc) is 2.37. The molecule has 2 N–H and O–H groups in total. The van der Waals surface area contributed by atoms with Gasteiger partial charge in [0.15, 0.2) is 9.84 Å². The maximum Gasteiger partial charge on any atom is 0.251 e. The number of nitrogens with one attached hydrogen (secondary N) is 2. The molecule has 0 radical (unpaired) electrons. The molecular weight excluding hydrogens is 292 g/mol. The fraction of sp³-hybridized carbons (Fsp3) is 0.429. The Bertz CT molecular complexity index is 608. The molecule has 0 bridgehead atoms. The molecule has 0 saturated heterocycles. The van der Waals surface area contributed by atoms with Gasteiger partial charge >= 0.3 is 0 Å². The highest BCUT2D eigenvalue weighted by molar-refractivity contribution is 7.89. The quantitative estimate of drug-likeness (QED) is 0.799. The summed E-state index contributed by atoms with van der Waals surface area (Å²) in [5, 5.41) is 5.20. The van der Waals surface area contributed by atoms with Crippen LogP contribution in [-0.2, 0) is 20.4 Å². The van der Waals surface area contributed by atoms with E-state index in [0.29, 0.717) is 17.7 Å². The topological polar surface area (TPSA) is 92.3 Å². The van der Waals surface area contributed by atoms with Crippen molar-refractivity contribution in [1.29, 1.82) is 0 Å². The van der Waals surface area contributed by atoms with E-state index in [4.69, 9.17) is 0 Å². The molecule has 1 rings (SSSR count). The molecule has 0 aliphatic carbocycles. The number of rotatable bonds is 6. The molecule has 7 heteroatoms. The summed E-state index contributed by atoms with van der Waals surface area (Å²) in [5.74, 6) is -0.691. The van der Waals surface area contributed by atoms with Crippen molar-refractivity contribution in [1.82, 2.24) is 10.6 Å². The molecule has 6 nitrogen and oxygen atoms in total. The number of benzene rings is 1. The van der Waals surface area contributed by atoms with Crippen LogP contribution in [0, 0.1) is 0 Å². The highest BCUT2D eigenvalue weighted by Gasteiger charge is 2.15. The largest absolute Gasteiger partial charge is 0.355 e. The van der Waals surface area contributed by atoms with Crippen molar-refractivity contribution >= 4 is 21.7 Å². The molecule has 0 saturated carbocycles. The van der Waals surface area contributed by atoms with Gasteiger partial charge in [0.05, 0.1) is 5.75 Å². The van der Waals surface area contributed by atoms with E-state index >= 15 is 0 Å². The summed E-state index contributed by atoms with van der Waals surface area (Å²) in [6.45, 7) is 3.90. The van der Waals surface area contributed by atoms with Gasteiger partial charge in [-0.05, 0) is 31.5 Å². The number of amides is 2. The van der Waals surface area contributed by atoms with E-state index in [2.05, 4.69) is 10.6 Å². The zero-order valence-corrected chi connectivity index (χ0v) is 13.2. The Balaban J connectivity index is 2.69. The summed E-state index contributed by atoms with van der Waals surface area (Å²) in [4.78, 5) is 23.5. The highest BCUT2D eigenvalue weighted by Crippen LogP contribution is 2.08. The predicted molar refractivity (Wildman–Crippen MR) is 80.6 cm³/mol. The maximum absolute atomic E-state index is 12.0. The van der Waals surface area contributed by atoms with Gasteiger partial charge in [0.2, 0.25) is 5.91 Å². The van der Waals surface area contributed by atoms with Crippen LogP contribution >= 0.6 is 0 Å². The minimum Gasteiger partial charge on any atom is -0.355 e. The molecule has 2 amide bonds. The second kappa shape index (κ2) is 7.21. The van der Waals surface area contributed by atoms with E-state index in [-0.39, 0.29) is 17.6 Å². The minimum absolute atomic E-state index is 0.0653. The molecule has 1 aromatic rings. The maximum atomic E-state index is 12.0. The molecule has 0 aromatic heterocycles. The van der Waals surface area contributed by atoms with Crippen LogP contribution in [-0.4, -0.2) is 39.1 Å². The third kappa shape index (κ3) is 5.95. The Morgan fingerprint density at radius 2 is 1.76 bits per heavy atom. The summed E-state index contributed by atoms with van der Waals surface area (Å²) in [5.41, 5.74) is 0.995. The second-order valence-corrected chi connectivity index (χ2v) is 7.00. The lowest BCUT2D eigenvalue weighted by molar-refractivity contribution is -0.122. The van der Waals surface area contributed by atoms with E-state index in [9.17, 15) is 18.0 Å². The number of carbonyl (C=O) groups is 2. The van der Waals surface area contributed by atoms with Gasteiger partial charge in [-0.25, -0.2) is 8.42 Å². The smallest absolute Gasteiger partial charge is 0.251 e. The van der Waals surface area contributed by atoms with E-state index in [0.717, 1.165) is 6.26 Å². The van der Waals surface area contributed by atoms with Crippen LogP contribution in [0.1, 0.15) is 29.8 Å². The SMILES string of the molecule is CCNC(=O)[C@H](C)NC(=O)c1ccc(CS(C)(=O)=O)cc1. The van der Waals surface area contributed by atoms with Crippen LogP contribution in [0.2, 0.25) is 0 Å². The first-order chi connectivity index (χ1) is 9.73. The fourth-order valence-corrected chi connectivity index (χ4v) is 2.53. The third-order valence-electron chi connectivity index (χ3n) is 2.74. The number of likely N-dealkylation sites (N-methyl/N-ethyl adjacent to an activating group) is 1. The van der Waals surface area contributed by atoms with Crippen LogP contribution in [0.3, 0.4) is 0 Å². The Kier molecular flexibility index (Phi) is 5.90. The van der Waals surface area contributed by atoms with E-state index in [1.807, 2.05) is 0 Å². The first-order valence-corrected chi connectivity index (χ1v) is 8.64. The van der Waals surface area contributed by atoms with Crippen molar-refractivity contribution in [3.8, 4) is 0 Å². The van der Waals surface area contributed by atoms with Crippen LogP contribution in [0.15, 0.2) is 24.3 Å².